The van der Waals surface area contributed by atoms with Gasteiger partial charge in [0.1, 0.15) is 11.2 Å². The maximum atomic E-state index is 11.0. The number of nitrogens with zero attached hydrogens (tertiary/aromatic N) is 3. The van der Waals surface area contributed by atoms with Crippen LogP contribution in [0.1, 0.15) is 12.8 Å². The Morgan fingerprint density at radius 3 is 3.06 bits per heavy atom. The number of rotatable bonds is 5. The van der Waals surface area contributed by atoms with Gasteiger partial charge in [0.2, 0.25) is 0 Å². The predicted octanol–water partition coefficient (Wildman–Crippen LogP) is 1.45. The van der Waals surface area contributed by atoms with Crippen LogP contribution in [0.15, 0.2) is 30.0 Å². The number of thiazole rings is 1. The Hall–Kier alpha value is -1.82. The molecular formula is C12H14N3O2S+. The number of aryl methyl sites for hydroxylation is 1. The summed E-state index contributed by atoms with van der Waals surface area (Å²) in [5.74, 6) is -0.185. The highest BCUT2D eigenvalue weighted by molar-refractivity contribution is 7.13. The van der Waals surface area contributed by atoms with E-state index in [-0.39, 0.29) is 5.97 Å². The minimum atomic E-state index is -0.185. The van der Waals surface area contributed by atoms with Crippen molar-refractivity contribution in [3.05, 3.63) is 30.0 Å². The van der Waals surface area contributed by atoms with Crippen LogP contribution < -0.4 is 4.68 Å². The molecule has 0 radical (unpaired) electrons. The lowest BCUT2D eigenvalue weighted by Crippen LogP contribution is -2.37. The van der Waals surface area contributed by atoms with Crippen LogP contribution in [-0.2, 0) is 16.1 Å². The molecule has 18 heavy (non-hydrogen) atoms. The fraction of sp³-hybridized carbons (Fsp3) is 0.333. The zero-order valence-electron chi connectivity index (χ0n) is 10.1. The second kappa shape index (κ2) is 6.20. The quantitative estimate of drug-likeness (QED) is 0.606. The molecule has 0 bridgehead atoms. The van der Waals surface area contributed by atoms with Crippen molar-refractivity contribution in [2.45, 2.75) is 19.4 Å². The molecule has 0 unspecified atom stereocenters. The molecule has 94 valence electrons. The van der Waals surface area contributed by atoms with E-state index in [1.807, 2.05) is 17.6 Å². The highest BCUT2D eigenvalue weighted by Gasteiger charge is 2.08. The molecule has 0 fully saturated rings. The van der Waals surface area contributed by atoms with E-state index in [4.69, 9.17) is 0 Å². The van der Waals surface area contributed by atoms with Gasteiger partial charge in [-0.2, -0.15) is 0 Å². The molecule has 5 nitrogen and oxygen atoms in total. The minimum absolute atomic E-state index is 0.185. The predicted molar refractivity (Wildman–Crippen MR) is 66.8 cm³/mol. The first-order valence-electron chi connectivity index (χ1n) is 5.62. The van der Waals surface area contributed by atoms with Crippen molar-refractivity contribution < 1.29 is 14.2 Å². The van der Waals surface area contributed by atoms with E-state index < -0.39 is 0 Å². The molecule has 0 aliphatic rings. The van der Waals surface area contributed by atoms with E-state index in [0.717, 1.165) is 17.0 Å². The summed E-state index contributed by atoms with van der Waals surface area (Å²) in [4.78, 5) is 15.2. The number of hydrogen-bond donors (Lipinski definition) is 0. The summed E-state index contributed by atoms with van der Waals surface area (Å²) >= 11 is 1.59. The highest BCUT2D eigenvalue weighted by Crippen LogP contribution is 2.18. The number of hydrogen-bond acceptors (Lipinski definition) is 5. The summed E-state index contributed by atoms with van der Waals surface area (Å²) in [5.41, 5.74) is 1.01. The SMILES string of the molecule is COC(=O)CCC[n+]1ccc(-c2nccs2)cn1. The van der Waals surface area contributed by atoms with Crippen LogP contribution in [0.25, 0.3) is 10.6 Å². The zero-order chi connectivity index (χ0) is 12.8. The monoisotopic (exact) mass is 264 g/mol. The summed E-state index contributed by atoms with van der Waals surface area (Å²) in [5, 5.41) is 7.19. The summed E-state index contributed by atoms with van der Waals surface area (Å²) in [6, 6.07) is 1.98. The number of carbonyl (C=O) groups is 1. The normalized spacial score (nSPS) is 10.3. The Labute approximate surface area is 109 Å². The fourth-order valence-electron chi connectivity index (χ4n) is 1.50. The lowest BCUT2D eigenvalue weighted by molar-refractivity contribution is -0.754. The van der Waals surface area contributed by atoms with Crippen LogP contribution in [0.2, 0.25) is 0 Å². The Morgan fingerprint density at radius 2 is 2.44 bits per heavy atom. The molecule has 0 aliphatic heterocycles. The standard InChI is InChI=1S/C12H14N3O2S/c1-17-11(16)3-2-6-15-7-4-10(9-14-15)12-13-5-8-18-12/h4-5,7-9H,2-3,6H2,1H3/q+1. The molecule has 2 rings (SSSR count). The Kier molecular flexibility index (Phi) is 4.35. The molecule has 0 atom stereocenters. The fourth-order valence-corrected chi connectivity index (χ4v) is 2.13. The number of esters is 1. The lowest BCUT2D eigenvalue weighted by atomic mass is 10.3. The summed E-state index contributed by atoms with van der Waals surface area (Å²) < 4.78 is 6.39. The van der Waals surface area contributed by atoms with Crippen LogP contribution in [0.4, 0.5) is 0 Å². The molecule has 0 saturated carbocycles. The number of aromatic nitrogens is 3. The van der Waals surface area contributed by atoms with Crippen molar-refractivity contribution in [2.75, 3.05) is 7.11 Å². The minimum Gasteiger partial charge on any atom is -0.469 e. The van der Waals surface area contributed by atoms with Gasteiger partial charge in [-0.1, -0.05) is 4.68 Å². The molecule has 2 aromatic rings. The Balaban J connectivity index is 1.90. The van der Waals surface area contributed by atoms with Gasteiger partial charge in [-0.15, -0.1) is 11.3 Å². The average Bonchev–Trinajstić information content (AvgIpc) is 2.93. The van der Waals surface area contributed by atoms with Gasteiger partial charge in [0.15, 0.2) is 12.7 Å². The van der Waals surface area contributed by atoms with Gasteiger partial charge >= 0.3 is 5.97 Å². The van der Waals surface area contributed by atoms with E-state index in [1.54, 1.807) is 28.4 Å². The molecule has 2 heterocycles. The van der Waals surface area contributed by atoms with Crippen molar-refractivity contribution in [2.24, 2.45) is 0 Å². The van der Waals surface area contributed by atoms with Gasteiger partial charge in [0.05, 0.1) is 13.5 Å². The molecule has 0 aliphatic carbocycles. The van der Waals surface area contributed by atoms with Crippen LogP contribution in [0.3, 0.4) is 0 Å². The van der Waals surface area contributed by atoms with Crippen LogP contribution >= 0.6 is 11.3 Å². The number of ether oxygens (including phenoxy) is 1. The van der Waals surface area contributed by atoms with Gasteiger partial charge < -0.3 is 4.74 Å². The largest absolute Gasteiger partial charge is 0.469 e. The first kappa shape index (κ1) is 12.6. The van der Waals surface area contributed by atoms with Crippen molar-refractivity contribution in [1.29, 1.82) is 0 Å². The van der Waals surface area contributed by atoms with E-state index in [0.29, 0.717) is 13.0 Å². The average molecular weight is 264 g/mol. The maximum Gasteiger partial charge on any atom is 0.305 e. The molecule has 0 amide bonds. The number of methoxy groups -OCH3 is 1. The topological polar surface area (TPSA) is 56.0 Å². The third kappa shape index (κ3) is 3.33. The zero-order valence-corrected chi connectivity index (χ0v) is 10.9. The first-order chi connectivity index (χ1) is 8.79. The molecule has 0 saturated heterocycles. The van der Waals surface area contributed by atoms with Crippen molar-refractivity contribution in [1.82, 2.24) is 10.1 Å². The second-order valence-electron chi connectivity index (χ2n) is 3.70. The second-order valence-corrected chi connectivity index (χ2v) is 4.59. The Bertz CT molecular complexity index is 497. The lowest BCUT2D eigenvalue weighted by Gasteiger charge is -1.97. The summed E-state index contributed by atoms with van der Waals surface area (Å²) in [7, 11) is 1.40. The van der Waals surface area contributed by atoms with Crippen molar-refractivity contribution in [3.63, 3.8) is 0 Å². The van der Waals surface area contributed by atoms with Crippen LogP contribution in [-0.4, -0.2) is 23.2 Å². The maximum absolute atomic E-state index is 11.0. The third-order valence-electron chi connectivity index (χ3n) is 2.45. The van der Waals surface area contributed by atoms with Crippen LogP contribution in [0.5, 0.6) is 0 Å². The molecule has 2 aromatic heterocycles. The van der Waals surface area contributed by atoms with Crippen molar-refractivity contribution in [3.8, 4) is 10.6 Å². The molecular weight excluding hydrogens is 250 g/mol. The van der Waals surface area contributed by atoms with Crippen LogP contribution in [0, 0.1) is 0 Å². The smallest absolute Gasteiger partial charge is 0.305 e. The van der Waals surface area contributed by atoms with E-state index in [2.05, 4.69) is 14.8 Å². The van der Waals surface area contributed by atoms with E-state index in [9.17, 15) is 4.79 Å². The third-order valence-corrected chi connectivity index (χ3v) is 3.27. The van der Waals surface area contributed by atoms with Gasteiger partial charge in [-0.25, -0.2) is 4.98 Å². The van der Waals surface area contributed by atoms with Crippen molar-refractivity contribution >= 4 is 17.3 Å². The van der Waals surface area contributed by atoms with Gasteiger partial charge in [-0.05, 0) is 5.10 Å². The summed E-state index contributed by atoms with van der Waals surface area (Å²) in [6.07, 6.45) is 6.60. The molecule has 6 heteroatoms. The Morgan fingerprint density at radius 1 is 1.56 bits per heavy atom. The molecule has 0 aromatic carbocycles. The first-order valence-corrected chi connectivity index (χ1v) is 6.50. The van der Waals surface area contributed by atoms with Gasteiger partial charge in [-0.3, -0.25) is 4.79 Å². The van der Waals surface area contributed by atoms with Gasteiger partial charge in [0, 0.05) is 29.6 Å². The molecule has 0 spiro atoms. The molecule has 0 N–H and O–H groups in total. The van der Waals surface area contributed by atoms with E-state index in [1.165, 1.54) is 7.11 Å². The summed E-state index contributed by atoms with van der Waals surface area (Å²) in [6.45, 7) is 0.702. The van der Waals surface area contributed by atoms with Gasteiger partial charge in [0.25, 0.3) is 0 Å². The number of carbonyl (C=O) groups excluding carboxylic acids is 1. The highest BCUT2D eigenvalue weighted by atomic mass is 32.1. The van der Waals surface area contributed by atoms with E-state index >= 15 is 0 Å².